The van der Waals surface area contributed by atoms with E-state index in [-0.39, 0.29) is 5.63 Å². The second kappa shape index (κ2) is 7.15. The molecule has 1 fully saturated rings. The molecule has 0 atom stereocenters. The molecule has 0 aliphatic carbocycles. The summed E-state index contributed by atoms with van der Waals surface area (Å²) in [4.78, 5) is 18.8. The van der Waals surface area contributed by atoms with Crippen LogP contribution in [0.3, 0.4) is 0 Å². The van der Waals surface area contributed by atoms with Crippen molar-refractivity contribution < 1.29 is 9.52 Å². The molecule has 1 aliphatic heterocycles. The van der Waals surface area contributed by atoms with Gasteiger partial charge in [0, 0.05) is 37.3 Å². The lowest BCUT2D eigenvalue weighted by molar-refractivity contribution is -0.0310. The molecule has 1 N–H and O–H groups in total. The number of fused-ring (bicyclic) bond motifs is 1. The first-order valence-corrected chi connectivity index (χ1v) is 9.76. The van der Waals surface area contributed by atoms with Crippen LogP contribution in [0.1, 0.15) is 40.8 Å². The van der Waals surface area contributed by atoms with E-state index in [1.165, 1.54) is 0 Å². The Labute approximate surface area is 164 Å². The van der Waals surface area contributed by atoms with E-state index in [0.29, 0.717) is 25.0 Å². The average molecular weight is 378 g/mol. The van der Waals surface area contributed by atoms with E-state index in [1.54, 1.807) is 12.3 Å². The first-order chi connectivity index (χ1) is 13.3. The van der Waals surface area contributed by atoms with Crippen LogP contribution in [0.4, 0.5) is 0 Å². The number of likely N-dealkylation sites (tertiary alicyclic amines) is 1. The first-order valence-electron chi connectivity index (χ1n) is 9.76. The van der Waals surface area contributed by atoms with Gasteiger partial charge in [-0.3, -0.25) is 9.88 Å². The van der Waals surface area contributed by atoms with Gasteiger partial charge < -0.3 is 9.52 Å². The van der Waals surface area contributed by atoms with Crippen molar-refractivity contribution >= 4 is 11.0 Å². The fraction of sp³-hybridized carbons (Fsp3) is 0.391. The molecule has 0 spiro atoms. The van der Waals surface area contributed by atoms with Crippen molar-refractivity contribution in [3.8, 4) is 0 Å². The zero-order chi connectivity index (χ0) is 19.9. The molecular formula is C23H26N2O3. The van der Waals surface area contributed by atoms with Crippen LogP contribution in [0, 0.1) is 20.8 Å². The maximum Gasteiger partial charge on any atom is 0.336 e. The molecule has 1 saturated heterocycles. The van der Waals surface area contributed by atoms with Crippen molar-refractivity contribution in [2.24, 2.45) is 0 Å². The fourth-order valence-electron chi connectivity index (χ4n) is 4.13. The molecule has 1 aromatic carbocycles. The molecule has 0 saturated carbocycles. The number of nitrogens with zero attached hydrogens (tertiary/aromatic N) is 2. The van der Waals surface area contributed by atoms with E-state index in [2.05, 4.69) is 22.9 Å². The number of hydrogen-bond donors (Lipinski definition) is 1. The molecule has 5 nitrogen and oxygen atoms in total. The number of aromatic nitrogens is 1. The summed E-state index contributed by atoms with van der Waals surface area (Å²) in [5, 5.41) is 12.1. The summed E-state index contributed by atoms with van der Waals surface area (Å²) >= 11 is 0. The summed E-state index contributed by atoms with van der Waals surface area (Å²) < 4.78 is 5.46. The Bertz CT molecular complexity index is 1060. The number of rotatable bonds is 3. The Balaban J connectivity index is 1.55. The van der Waals surface area contributed by atoms with Crippen LogP contribution in [-0.4, -0.2) is 28.1 Å². The van der Waals surface area contributed by atoms with E-state index in [0.717, 1.165) is 46.4 Å². The summed E-state index contributed by atoms with van der Waals surface area (Å²) in [5.74, 6) is 0. The molecule has 1 aliphatic rings. The third kappa shape index (κ3) is 3.60. The van der Waals surface area contributed by atoms with Crippen molar-refractivity contribution in [1.82, 2.24) is 9.88 Å². The highest BCUT2D eigenvalue weighted by molar-refractivity contribution is 5.83. The smallest absolute Gasteiger partial charge is 0.336 e. The van der Waals surface area contributed by atoms with Gasteiger partial charge in [-0.25, -0.2) is 4.79 Å². The molecule has 3 heterocycles. The predicted octanol–water partition coefficient (Wildman–Crippen LogP) is 3.60. The Morgan fingerprint density at radius 3 is 2.54 bits per heavy atom. The number of aryl methyl sites for hydroxylation is 3. The highest BCUT2D eigenvalue weighted by Crippen LogP contribution is 2.33. The molecular weight excluding hydrogens is 352 g/mol. The predicted molar refractivity (Wildman–Crippen MR) is 109 cm³/mol. The number of hydrogen-bond acceptors (Lipinski definition) is 5. The van der Waals surface area contributed by atoms with Gasteiger partial charge in [0.15, 0.2) is 0 Å². The maximum absolute atomic E-state index is 12.1. The van der Waals surface area contributed by atoms with Crippen molar-refractivity contribution in [2.45, 2.75) is 45.8 Å². The first kappa shape index (κ1) is 18.8. The van der Waals surface area contributed by atoms with Crippen molar-refractivity contribution in [3.63, 3.8) is 0 Å². The number of piperidine rings is 1. The van der Waals surface area contributed by atoms with Gasteiger partial charge in [-0.2, -0.15) is 0 Å². The summed E-state index contributed by atoms with van der Waals surface area (Å²) in [6, 6.07) is 9.63. The molecule has 146 valence electrons. The Hall–Kier alpha value is -2.50. The summed E-state index contributed by atoms with van der Waals surface area (Å²) in [5.41, 5.74) is 4.43. The Kier molecular flexibility index (Phi) is 4.81. The van der Waals surface area contributed by atoms with Crippen molar-refractivity contribution in [3.05, 3.63) is 74.9 Å². The standard InChI is InChI=1S/C23H26N2O3/c1-15-4-5-20(24-13-15)23(27)6-8-25(9-7-23)14-18-12-21(26)28-22-17(3)10-16(2)11-19(18)22/h4-5,10-13,27H,6-9,14H2,1-3H3. The third-order valence-corrected chi connectivity index (χ3v) is 5.72. The summed E-state index contributed by atoms with van der Waals surface area (Å²) in [7, 11) is 0. The fourth-order valence-corrected chi connectivity index (χ4v) is 4.13. The topological polar surface area (TPSA) is 66.6 Å². The maximum atomic E-state index is 12.1. The van der Waals surface area contributed by atoms with E-state index < -0.39 is 5.60 Å². The number of benzene rings is 1. The Morgan fingerprint density at radius 2 is 1.86 bits per heavy atom. The van der Waals surface area contributed by atoms with Crippen molar-refractivity contribution in [2.75, 3.05) is 13.1 Å². The zero-order valence-corrected chi connectivity index (χ0v) is 16.7. The minimum Gasteiger partial charge on any atom is -0.422 e. The molecule has 0 unspecified atom stereocenters. The van der Waals surface area contributed by atoms with Crippen LogP contribution in [0.5, 0.6) is 0 Å². The lowest BCUT2D eigenvalue weighted by atomic mass is 9.87. The summed E-state index contributed by atoms with van der Waals surface area (Å²) in [6.45, 7) is 8.18. The van der Waals surface area contributed by atoms with Gasteiger partial charge in [0.25, 0.3) is 0 Å². The van der Waals surface area contributed by atoms with Crippen LogP contribution in [0.15, 0.2) is 45.7 Å². The molecule has 4 rings (SSSR count). The van der Waals surface area contributed by atoms with Crippen LogP contribution in [-0.2, 0) is 12.1 Å². The van der Waals surface area contributed by atoms with Crippen LogP contribution in [0.25, 0.3) is 11.0 Å². The van der Waals surface area contributed by atoms with Crippen molar-refractivity contribution in [1.29, 1.82) is 0 Å². The van der Waals surface area contributed by atoms with Gasteiger partial charge in [-0.15, -0.1) is 0 Å². The molecule has 3 aromatic rings. The number of pyridine rings is 1. The van der Waals surface area contributed by atoms with Gasteiger partial charge in [0.05, 0.1) is 5.69 Å². The molecule has 2 aromatic heterocycles. The number of aliphatic hydroxyl groups is 1. The molecule has 0 bridgehead atoms. The van der Waals surface area contributed by atoms with Gasteiger partial charge >= 0.3 is 5.63 Å². The lowest BCUT2D eigenvalue weighted by Crippen LogP contribution is -2.42. The lowest BCUT2D eigenvalue weighted by Gasteiger charge is -2.38. The van der Waals surface area contributed by atoms with Gasteiger partial charge in [0.1, 0.15) is 11.2 Å². The minimum atomic E-state index is -0.880. The normalized spacial score (nSPS) is 17.1. The second-order valence-corrected chi connectivity index (χ2v) is 8.08. The summed E-state index contributed by atoms with van der Waals surface area (Å²) in [6.07, 6.45) is 3.06. The van der Waals surface area contributed by atoms with Crippen LogP contribution < -0.4 is 5.63 Å². The average Bonchev–Trinajstić information content (AvgIpc) is 2.65. The van der Waals surface area contributed by atoms with E-state index in [4.69, 9.17) is 4.42 Å². The SMILES string of the molecule is Cc1ccc(C2(O)CCN(Cc3cc(=O)oc4c(C)cc(C)cc34)CC2)nc1. The largest absolute Gasteiger partial charge is 0.422 e. The molecule has 0 amide bonds. The van der Waals surface area contributed by atoms with E-state index in [1.807, 2.05) is 32.0 Å². The highest BCUT2D eigenvalue weighted by Gasteiger charge is 2.35. The second-order valence-electron chi connectivity index (χ2n) is 8.08. The molecule has 5 heteroatoms. The third-order valence-electron chi connectivity index (χ3n) is 5.72. The van der Waals surface area contributed by atoms with E-state index >= 15 is 0 Å². The zero-order valence-electron chi connectivity index (χ0n) is 16.7. The van der Waals surface area contributed by atoms with E-state index in [9.17, 15) is 9.90 Å². The Morgan fingerprint density at radius 1 is 1.11 bits per heavy atom. The van der Waals surface area contributed by atoms with Gasteiger partial charge in [-0.05, 0) is 68.0 Å². The van der Waals surface area contributed by atoms with Crippen LogP contribution in [0.2, 0.25) is 0 Å². The molecule has 28 heavy (non-hydrogen) atoms. The van der Waals surface area contributed by atoms with Crippen LogP contribution >= 0.6 is 0 Å². The van der Waals surface area contributed by atoms with Gasteiger partial charge in [-0.1, -0.05) is 12.1 Å². The molecule has 0 radical (unpaired) electrons. The minimum absolute atomic E-state index is 0.313. The van der Waals surface area contributed by atoms with Gasteiger partial charge in [0.2, 0.25) is 0 Å². The quantitative estimate of drug-likeness (QED) is 0.706. The highest BCUT2D eigenvalue weighted by atomic mass is 16.4. The monoisotopic (exact) mass is 378 g/mol.